The van der Waals surface area contributed by atoms with Gasteiger partial charge < -0.3 is 4.74 Å². The Kier molecular flexibility index (Phi) is 3.83. The molecule has 0 saturated heterocycles. The van der Waals surface area contributed by atoms with Crippen molar-refractivity contribution in [3.63, 3.8) is 0 Å². The number of rotatable bonds is 4. The molecule has 1 heterocycles. The van der Waals surface area contributed by atoms with E-state index in [2.05, 4.69) is 22.3 Å². The van der Waals surface area contributed by atoms with E-state index in [-0.39, 0.29) is 0 Å². The van der Waals surface area contributed by atoms with E-state index in [0.717, 1.165) is 23.7 Å². The lowest BCUT2D eigenvalue weighted by Crippen LogP contribution is -2.02. The molecule has 0 spiro atoms. The van der Waals surface area contributed by atoms with E-state index in [1.165, 1.54) is 5.56 Å². The van der Waals surface area contributed by atoms with Gasteiger partial charge in [0.25, 0.3) is 0 Å². The van der Waals surface area contributed by atoms with Crippen LogP contribution in [0.1, 0.15) is 11.4 Å². The number of aromatic amines is 1. The molecule has 106 valence electrons. The summed E-state index contributed by atoms with van der Waals surface area (Å²) in [5, 5.41) is 7.21. The summed E-state index contributed by atoms with van der Waals surface area (Å²) in [7, 11) is 1.65. The fourth-order valence-electron chi connectivity index (χ4n) is 2.22. The predicted molar refractivity (Wildman–Crippen MR) is 84.5 cm³/mol. The van der Waals surface area contributed by atoms with Crippen LogP contribution >= 0.6 is 12.2 Å². The molecule has 4 nitrogen and oxygen atoms in total. The molecule has 0 unspecified atom stereocenters. The van der Waals surface area contributed by atoms with Gasteiger partial charge in [-0.15, -0.1) is 0 Å². The van der Waals surface area contributed by atoms with Crippen LogP contribution in [0.4, 0.5) is 0 Å². The summed E-state index contributed by atoms with van der Waals surface area (Å²) in [6, 6.07) is 18.0. The van der Waals surface area contributed by atoms with Crippen LogP contribution in [-0.2, 0) is 6.42 Å². The normalized spacial score (nSPS) is 10.5. The zero-order valence-electron chi connectivity index (χ0n) is 11.6. The molecular weight excluding hydrogens is 282 g/mol. The fraction of sp³-hybridized carbons (Fsp3) is 0.125. The van der Waals surface area contributed by atoms with Gasteiger partial charge in [-0.25, -0.2) is 0 Å². The molecule has 3 rings (SSSR count). The first-order valence-electron chi connectivity index (χ1n) is 6.62. The van der Waals surface area contributed by atoms with E-state index in [0.29, 0.717) is 4.77 Å². The molecule has 0 amide bonds. The van der Waals surface area contributed by atoms with Gasteiger partial charge in [0, 0.05) is 12.1 Å². The van der Waals surface area contributed by atoms with E-state index in [9.17, 15) is 0 Å². The predicted octanol–water partition coefficient (Wildman–Crippen LogP) is 3.53. The summed E-state index contributed by atoms with van der Waals surface area (Å²) in [6.07, 6.45) is 0.722. The maximum absolute atomic E-state index is 5.35. The highest BCUT2D eigenvalue weighted by Gasteiger charge is 2.09. The first-order valence-corrected chi connectivity index (χ1v) is 7.03. The first kappa shape index (κ1) is 13.6. The molecule has 3 aromatic rings. The maximum Gasteiger partial charge on any atom is 0.199 e. The molecular formula is C16H15N3OS. The minimum Gasteiger partial charge on any atom is -0.497 e. The Bertz CT molecular complexity index is 775. The molecule has 0 bridgehead atoms. The van der Waals surface area contributed by atoms with Crippen molar-refractivity contribution in [1.82, 2.24) is 14.8 Å². The molecule has 0 aliphatic rings. The molecule has 0 radical (unpaired) electrons. The van der Waals surface area contributed by atoms with Crippen molar-refractivity contribution < 1.29 is 4.74 Å². The lowest BCUT2D eigenvalue weighted by atomic mass is 10.1. The van der Waals surface area contributed by atoms with E-state index in [4.69, 9.17) is 17.0 Å². The third kappa shape index (κ3) is 2.87. The second kappa shape index (κ2) is 5.93. The molecule has 0 fully saturated rings. The topological polar surface area (TPSA) is 42.8 Å². The van der Waals surface area contributed by atoms with Gasteiger partial charge in [0.15, 0.2) is 4.77 Å². The van der Waals surface area contributed by atoms with Crippen molar-refractivity contribution in [3.05, 3.63) is 70.8 Å². The summed E-state index contributed by atoms with van der Waals surface area (Å²) >= 11 is 5.35. The molecule has 0 aliphatic heterocycles. The monoisotopic (exact) mass is 297 g/mol. The Balaban J connectivity index is 1.98. The molecule has 1 N–H and O–H groups in total. The van der Waals surface area contributed by atoms with Crippen LogP contribution in [0.25, 0.3) is 5.69 Å². The summed E-state index contributed by atoms with van der Waals surface area (Å²) in [6.45, 7) is 0. The smallest absolute Gasteiger partial charge is 0.199 e. The van der Waals surface area contributed by atoms with Crippen LogP contribution in [-0.4, -0.2) is 21.9 Å². The van der Waals surface area contributed by atoms with Gasteiger partial charge in [-0.2, -0.15) is 5.10 Å². The Morgan fingerprint density at radius 3 is 2.48 bits per heavy atom. The van der Waals surface area contributed by atoms with Crippen LogP contribution in [0.3, 0.4) is 0 Å². The van der Waals surface area contributed by atoms with Gasteiger partial charge in [0.05, 0.1) is 7.11 Å². The summed E-state index contributed by atoms with van der Waals surface area (Å²) in [5.74, 6) is 1.70. The number of nitrogens with zero attached hydrogens (tertiary/aromatic N) is 2. The summed E-state index contributed by atoms with van der Waals surface area (Å²) in [4.78, 5) is 0. The standard InChI is InChI=1S/C16H15N3OS/c1-20-14-9-7-13(8-10-14)19-15(17-18-16(19)21)11-12-5-3-2-4-6-12/h2-10H,11H2,1H3,(H,18,21). The molecule has 1 aromatic heterocycles. The zero-order valence-corrected chi connectivity index (χ0v) is 12.4. The number of methoxy groups -OCH3 is 1. The van der Waals surface area contributed by atoms with Crippen molar-refractivity contribution in [2.75, 3.05) is 7.11 Å². The zero-order chi connectivity index (χ0) is 14.7. The van der Waals surface area contributed by atoms with Gasteiger partial charge >= 0.3 is 0 Å². The van der Waals surface area contributed by atoms with Crippen LogP contribution < -0.4 is 4.74 Å². The Labute approximate surface area is 128 Å². The van der Waals surface area contributed by atoms with Crippen LogP contribution in [0.15, 0.2) is 54.6 Å². The number of H-pyrrole nitrogens is 1. The maximum atomic E-state index is 5.35. The fourth-order valence-corrected chi connectivity index (χ4v) is 2.48. The van der Waals surface area contributed by atoms with Crippen molar-refractivity contribution in [2.45, 2.75) is 6.42 Å². The highest BCUT2D eigenvalue weighted by Crippen LogP contribution is 2.18. The van der Waals surface area contributed by atoms with Gasteiger partial charge in [0.2, 0.25) is 0 Å². The lowest BCUT2D eigenvalue weighted by Gasteiger charge is -2.08. The molecule has 21 heavy (non-hydrogen) atoms. The van der Waals surface area contributed by atoms with Crippen LogP contribution in [0.2, 0.25) is 0 Å². The van der Waals surface area contributed by atoms with E-state index < -0.39 is 0 Å². The van der Waals surface area contributed by atoms with Gasteiger partial charge in [-0.3, -0.25) is 9.67 Å². The number of nitrogens with one attached hydrogen (secondary N) is 1. The number of hydrogen-bond acceptors (Lipinski definition) is 3. The molecule has 5 heteroatoms. The van der Waals surface area contributed by atoms with Gasteiger partial charge in [-0.05, 0) is 42.0 Å². The van der Waals surface area contributed by atoms with Gasteiger partial charge in [0.1, 0.15) is 11.6 Å². The van der Waals surface area contributed by atoms with Crippen LogP contribution in [0.5, 0.6) is 5.75 Å². The number of ether oxygens (including phenoxy) is 1. The highest BCUT2D eigenvalue weighted by molar-refractivity contribution is 7.71. The van der Waals surface area contributed by atoms with Crippen LogP contribution in [0, 0.1) is 4.77 Å². The quantitative estimate of drug-likeness (QED) is 0.749. The lowest BCUT2D eigenvalue weighted by molar-refractivity contribution is 0.414. The van der Waals surface area contributed by atoms with E-state index in [1.54, 1.807) is 7.11 Å². The Morgan fingerprint density at radius 1 is 1.10 bits per heavy atom. The van der Waals surface area contributed by atoms with Crippen molar-refractivity contribution in [3.8, 4) is 11.4 Å². The first-order chi connectivity index (χ1) is 10.3. The molecule has 0 saturated carbocycles. The minimum absolute atomic E-state index is 0.589. The summed E-state index contributed by atoms with van der Waals surface area (Å²) < 4.78 is 7.72. The van der Waals surface area contributed by atoms with Crippen molar-refractivity contribution in [1.29, 1.82) is 0 Å². The van der Waals surface area contributed by atoms with Crippen molar-refractivity contribution >= 4 is 12.2 Å². The molecule has 0 aliphatic carbocycles. The number of benzene rings is 2. The van der Waals surface area contributed by atoms with Crippen molar-refractivity contribution in [2.24, 2.45) is 0 Å². The van der Waals surface area contributed by atoms with E-state index in [1.807, 2.05) is 47.0 Å². The minimum atomic E-state index is 0.589. The highest BCUT2D eigenvalue weighted by atomic mass is 32.1. The number of hydrogen-bond donors (Lipinski definition) is 1. The average molecular weight is 297 g/mol. The summed E-state index contributed by atoms with van der Waals surface area (Å²) in [5.41, 5.74) is 2.17. The number of aromatic nitrogens is 3. The SMILES string of the molecule is COc1ccc(-n2c(Cc3ccccc3)n[nH]c2=S)cc1. The second-order valence-electron chi connectivity index (χ2n) is 4.64. The second-order valence-corrected chi connectivity index (χ2v) is 5.03. The Morgan fingerprint density at radius 2 is 1.81 bits per heavy atom. The molecule has 0 atom stereocenters. The largest absolute Gasteiger partial charge is 0.497 e. The molecule has 2 aromatic carbocycles. The van der Waals surface area contributed by atoms with Gasteiger partial charge in [-0.1, -0.05) is 30.3 Å². The Hall–Kier alpha value is -2.40. The third-order valence-electron chi connectivity index (χ3n) is 3.28. The van der Waals surface area contributed by atoms with E-state index >= 15 is 0 Å². The third-order valence-corrected chi connectivity index (χ3v) is 3.55. The average Bonchev–Trinajstić information content (AvgIpc) is 2.89.